The van der Waals surface area contributed by atoms with Crippen molar-refractivity contribution in [3.05, 3.63) is 231 Å². The van der Waals surface area contributed by atoms with Gasteiger partial charge >= 0.3 is 0 Å². The molecule has 4 heteroatoms. The molecule has 14 rings (SSSR count). The second kappa shape index (κ2) is 14.8. The fourth-order valence-electron chi connectivity index (χ4n) is 10.7. The third-order valence-electron chi connectivity index (χ3n) is 13.8. The number of rotatable bonds is 5. The highest BCUT2D eigenvalue weighted by molar-refractivity contribution is 6.29. The molecular formula is C63H38N4. The molecule has 2 heterocycles. The van der Waals surface area contributed by atoms with E-state index >= 15 is 0 Å². The van der Waals surface area contributed by atoms with Crippen molar-refractivity contribution in [2.45, 2.75) is 0 Å². The maximum absolute atomic E-state index is 5.12. The van der Waals surface area contributed by atoms with E-state index in [1.165, 1.54) is 92.2 Å². The normalized spacial score (nSPS) is 11.9. The minimum absolute atomic E-state index is 0.637. The topological polar surface area (TPSA) is 43.6 Å². The van der Waals surface area contributed by atoms with Crippen LogP contribution in [0.5, 0.6) is 0 Å². The van der Waals surface area contributed by atoms with Crippen LogP contribution >= 0.6 is 0 Å². The average molecular weight is 851 g/mol. The van der Waals surface area contributed by atoms with Crippen LogP contribution in [-0.2, 0) is 0 Å². The first-order valence-electron chi connectivity index (χ1n) is 22.9. The molecule has 0 bridgehead atoms. The lowest BCUT2D eigenvalue weighted by molar-refractivity contribution is 1.07. The molecule has 0 aliphatic carbocycles. The van der Waals surface area contributed by atoms with E-state index in [1.807, 2.05) is 36.4 Å². The van der Waals surface area contributed by atoms with Crippen molar-refractivity contribution in [3.8, 4) is 51.0 Å². The zero-order valence-electron chi connectivity index (χ0n) is 36.2. The van der Waals surface area contributed by atoms with Crippen LogP contribution in [0.2, 0.25) is 0 Å². The van der Waals surface area contributed by atoms with Gasteiger partial charge in [0, 0.05) is 32.8 Å². The Hall–Kier alpha value is -8.99. The van der Waals surface area contributed by atoms with E-state index in [0.717, 1.165) is 27.8 Å². The molecule has 0 aliphatic heterocycles. The monoisotopic (exact) mass is 850 g/mol. The van der Waals surface area contributed by atoms with Crippen LogP contribution in [0, 0.1) is 0 Å². The highest BCUT2D eigenvalue weighted by Crippen LogP contribution is 2.44. The zero-order chi connectivity index (χ0) is 44.0. The summed E-state index contributed by atoms with van der Waals surface area (Å²) in [6, 6.07) is 83.1. The summed E-state index contributed by atoms with van der Waals surface area (Å²) < 4.78 is 2.48. The van der Waals surface area contributed by atoms with E-state index in [4.69, 9.17) is 15.0 Å². The molecule has 0 unspecified atom stereocenters. The number of benzene rings is 12. The van der Waals surface area contributed by atoms with Crippen LogP contribution in [0.25, 0.3) is 137 Å². The summed E-state index contributed by atoms with van der Waals surface area (Å²) in [6.07, 6.45) is 0. The number of hydrogen-bond donors (Lipinski definition) is 0. The van der Waals surface area contributed by atoms with Crippen molar-refractivity contribution in [3.63, 3.8) is 0 Å². The van der Waals surface area contributed by atoms with Crippen molar-refractivity contribution in [1.29, 1.82) is 0 Å². The lowest BCUT2D eigenvalue weighted by atomic mass is 9.92. The zero-order valence-corrected chi connectivity index (χ0v) is 36.2. The molecule has 2 aromatic heterocycles. The van der Waals surface area contributed by atoms with Gasteiger partial charge in [-0.3, -0.25) is 0 Å². The molecule has 67 heavy (non-hydrogen) atoms. The van der Waals surface area contributed by atoms with Gasteiger partial charge in [-0.25, -0.2) is 15.0 Å². The van der Waals surface area contributed by atoms with Crippen LogP contribution in [0.3, 0.4) is 0 Å². The molecule has 0 radical (unpaired) electrons. The smallest absolute Gasteiger partial charge is 0.164 e. The number of para-hydroxylation sites is 1. The van der Waals surface area contributed by atoms with E-state index < -0.39 is 0 Å². The summed E-state index contributed by atoms with van der Waals surface area (Å²) in [6.45, 7) is 0. The molecule has 310 valence electrons. The molecule has 14 aromatic rings. The number of nitrogens with zero attached hydrogens (tertiary/aromatic N) is 4. The van der Waals surface area contributed by atoms with Crippen molar-refractivity contribution in [2.24, 2.45) is 0 Å². The predicted molar refractivity (Wildman–Crippen MR) is 281 cm³/mol. The predicted octanol–water partition coefficient (Wildman–Crippen LogP) is 16.6. The van der Waals surface area contributed by atoms with E-state index in [1.54, 1.807) is 0 Å². The molecular weight excluding hydrogens is 813 g/mol. The summed E-state index contributed by atoms with van der Waals surface area (Å²) in [5.41, 5.74) is 8.71. The van der Waals surface area contributed by atoms with Crippen LogP contribution in [0.1, 0.15) is 0 Å². The van der Waals surface area contributed by atoms with Crippen LogP contribution < -0.4 is 0 Å². The Bertz CT molecular complexity index is 4230. The molecule has 0 saturated carbocycles. The third-order valence-corrected chi connectivity index (χ3v) is 13.8. The van der Waals surface area contributed by atoms with E-state index in [2.05, 4.69) is 199 Å². The van der Waals surface area contributed by atoms with E-state index in [0.29, 0.717) is 17.5 Å². The largest absolute Gasteiger partial charge is 0.309 e. The fraction of sp³-hybridized carbons (Fsp3) is 0. The average Bonchev–Trinajstić information content (AvgIpc) is 3.74. The lowest BCUT2D eigenvalue weighted by Crippen LogP contribution is -2.00. The van der Waals surface area contributed by atoms with Gasteiger partial charge < -0.3 is 4.57 Å². The van der Waals surface area contributed by atoms with Gasteiger partial charge in [-0.05, 0) is 107 Å². The molecule has 4 nitrogen and oxygen atoms in total. The Kier molecular flexibility index (Phi) is 8.25. The van der Waals surface area contributed by atoms with E-state index in [-0.39, 0.29) is 0 Å². The summed E-state index contributed by atoms with van der Waals surface area (Å²) >= 11 is 0. The first kappa shape index (κ1) is 37.4. The van der Waals surface area contributed by atoms with E-state index in [9.17, 15) is 0 Å². The maximum Gasteiger partial charge on any atom is 0.164 e. The van der Waals surface area contributed by atoms with Crippen molar-refractivity contribution in [2.75, 3.05) is 0 Å². The SMILES string of the molecule is c1ccc(-c2nc(-c3ccccc3)nc(-c3ccc4c(c3)c3ccccc3c3cccc(-n5c6ccccc6c6cc(-c7ccc8c9ccccc9c9ccccc9c8c7)ccc65)c34)n2)cc1. The third kappa shape index (κ3) is 5.83. The van der Waals surface area contributed by atoms with Crippen LogP contribution in [0.15, 0.2) is 231 Å². The number of fused-ring (bicyclic) bond motifs is 15. The maximum atomic E-state index is 5.12. The Labute approximate surface area is 385 Å². The molecule has 0 spiro atoms. The quantitative estimate of drug-likeness (QED) is 0.162. The highest BCUT2D eigenvalue weighted by atomic mass is 15.0. The molecule has 0 amide bonds. The molecule has 0 atom stereocenters. The first-order valence-corrected chi connectivity index (χ1v) is 22.9. The first-order chi connectivity index (χ1) is 33.2. The van der Waals surface area contributed by atoms with Crippen molar-refractivity contribution >= 4 is 86.4 Å². The summed E-state index contributed by atoms with van der Waals surface area (Å²) in [7, 11) is 0. The Morgan fingerprint density at radius 2 is 0.597 bits per heavy atom. The van der Waals surface area contributed by atoms with Gasteiger partial charge in [0.25, 0.3) is 0 Å². The second-order valence-electron chi connectivity index (χ2n) is 17.5. The minimum Gasteiger partial charge on any atom is -0.309 e. The van der Waals surface area contributed by atoms with Gasteiger partial charge in [0.2, 0.25) is 0 Å². The highest BCUT2D eigenvalue weighted by Gasteiger charge is 2.20. The fourth-order valence-corrected chi connectivity index (χ4v) is 10.7. The Morgan fingerprint density at radius 1 is 0.224 bits per heavy atom. The molecule has 0 N–H and O–H groups in total. The van der Waals surface area contributed by atoms with Crippen LogP contribution in [-0.4, -0.2) is 19.5 Å². The summed E-state index contributed by atoms with van der Waals surface area (Å²) in [4.78, 5) is 15.2. The number of aromatic nitrogens is 4. The number of hydrogen-bond acceptors (Lipinski definition) is 3. The van der Waals surface area contributed by atoms with Crippen molar-refractivity contribution < 1.29 is 0 Å². The molecule has 0 saturated heterocycles. The minimum atomic E-state index is 0.637. The molecule has 0 fully saturated rings. The Morgan fingerprint density at radius 3 is 1.21 bits per heavy atom. The van der Waals surface area contributed by atoms with Gasteiger partial charge in [0.05, 0.1) is 16.7 Å². The molecule has 12 aromatic carbocycles. The molecule has 0 aliphatic rings. The van der Waals surface area contributed by atoms with Gasteiger partial charge in [-0.15, -0.1) is 0 Å². The Balaban J connectivity index is 0.979. The van der Waals surface area contributed by atoms with Gasteiger partial charge in [-0.1, -0.05) is 194 Å². The van der Waals surface area contributed by atoms with Crippen LogP contribution in [0.4, 0.5) is 0 Å². The van der Waals surface area contributed by atoms with Gasteiger partial charge in [-0.2, -0.15) is 0 Å². The van der Waals surface area contributed by atoms with Gasteiger partial charge in [0.1, 0.15) is 0 Å². The lowest BCUT2D eigenvalue weighted by Gasteiger charge is -2.17. The summed E-state index contributed by atoms with van der Waals surface area (Å²) in [5, 5.41) is 17.3. The second-order valence-corrected chi connectivity index (χ2v) is 17.5. The summed E-state index contributed by atoms with van der Waals surface area (Å²) in [5.74, 6) is 1.93. The van der Waals surface area contributed by atoms with Gasteiger partial charge in [0.15, 0.2) is 17.5 Å². The standard InChI is InChI=1S/C63H38N4/c1-3-16-39(17-4-1)61-64-62(40-18-5-2-6-19-40)66-63(65-61)43-31-34-53-55(38-43)49-25-12-10-23-47(49)52-27-15-29-59(60(52)53)67-57-28-14-13-26-51(57)56-37-42(32-35-58(56)67)41-30-33-50-46-22-8-7-20-44(46)45-21-9-11-24-48(45)54(50)36-41/h1-38H. The van der Waals surface area contributed by atoms with Crippen molar-refractivity contribution in [1.82, 2.24) is 19.5 Å².